The zero-order valence-electron chi connectivity index (χ0n) is 21.3. The van der Waals surface area contributed by atoms with Gasteiger partial charge in [0.15, 0.2) is 0 Å². The number of carbonyl (C=O) groups is 2. The summed E-state index contributed by atoms with van der Waals surface area (Å²) in [4.78, 5) is 29.6. The molecule has 1 heterocycles. The molecular weight excluding hydrogens is 479 g/mol. The van der Waals surface area contributed by atoms with Crippen LogP contribution < -0.4 is 5.32 Å². The van der Waals surface area contributed by atoms with Crippen molar-refractivity contribution in [2.45, 2.75) is 69.6 Å². The van der Waals surface area contributed by atoms with Gasteiger partial charge in [-0.1, -0.05) is 43.3 Å². The number of halogens is 3. The summed E-state index contributed by atoms with van der Waals surface area (Å²) >= 11 is 0. The van der Waals surface area contributed by atoms with Crippen LogP contribution in [0.5, 0.6) is 0 Å². The maximum absolute atomic E-state index is 12.9. The van der Waals surface area contributed by atoms with Gasteiger partial charge in [0.25, 0.3) is 5.91 Å². The Morgan fingerprint density at radius 3 is 2.38 bits per heavy atom. The first-order chi connectivity index (χ1) is 17.8. The highest BCUT2D eigenvalue weighted by Gasteiger charge is 2.35. The lowest BCUT2D eigenvalue weighted by Crippen LogP contribution is -2.47. The molecular formula is C29H36F3N3O2. The minimum Gasteiger partial charge on any atom is -0.343 e. The van der Waals surface area contributed by atoms with Gasteiger partial charge in [0, 0.05) is 30.7 Å². The molecule has 5 nitrogen and oxygen atoms in total. The summed E-state index contributed by atoms with van der Waals surface area (Å²) in [5.74, 6) is -0.270. The summed E-state index contributed by atoms with van der Waals surface area (Å²) in [5, 5.41) is 2.50. The van der Waals surface area contributed by atoms with Gasteiger partial charge in [0.05, 0.1) is 12.1 Å². The van der Waals surface area contributed by atoms with E-state index < -0.39 is 17.6 Å². The maximum atomic E-state index is 12.9. The van der Waals surface area contributed by atoms with Crippen LogP contribution in [0.3, 0.4) is 0 Å². The quantitative estimate of drug-likeness (QED) is 0.507. The van der Waals surface area contributed by atoms with Crippen LogP contribution in [0.1, 0.15) is 72.9 Å². The van der Waals surface area contributed by atoms with E-state index in [4.69, 9.17) is 0 Å². The number of nitrogens with one attached hydrogen (secondary N) is 1. The Bertz CT molecular complexity index is 1050. The van der Waals surface area contributed by atoms with Gasteiger partial charge in [-0.15, -0.1) is 0 Å². The van der Waals surface area contributed by atoms with Crippen molar-refractivity contribution in [3.63, 3.8) is 0 Å². The lowest BCUT2D eigenvalue weighted by molar-refractivity contribution is -0.137. The second kappa shape index (κ2) is 12.1. The second-order valence-corrected chi connectivity index (χ2v) is 10.2. The van der Waals surface area contributed by atoms with E-state index in [0.29, 0.717) is 31.1 Å². The number of benzene rings is 2. The standard InChI is InChI=1S/C29H36F3N3O2/c1-2-16-35(25-13-11-22(12-14-25)21-7-4-3-5-8-21)26-15-17-34(20-26)27(36)19-33-28(37)23-9-6-10-24(18-23)29(30,31)32/h3-10,18,22,25-26H,2,11-17,19-20H2,1H3,(H,33,37). The van der Waals surface area contributed by atoms with E-state index in [0.717, 1.165) is 44.4 Å². The first-order valence-corrected chi connectivity index (χ1v) is 13.3. The molecule has 1 unspecified atom stereocenters. The van der Waals surface area contributed by atoms with Gasteiger partial charge in [0.1, 0.15) is 0 Å². The van der Waals surface area contributed by atoms with E-state index in [2.05, 4.69) is 47.5 Å². The average molecular weight is 516 g/mol. The van der Waals surface area contributed by atoms with Crippen LogP contribution >= 0.6 is 0 Å². The van der Waals surface area contributed by atoms with Crippen LogP contribution in [0, 0.1) is 0 Å². The fourth-order valence-corrected chi connectivity index (χ4v) is 5.83. The van der Waals surface area contributed by atoms with Crippen molar-refractivity contribution in [3.05, 3.63) is 71.3 Å². The van der Waals surface area contributed by atoms with Crippen LogP contribution in [0.2, 0.25) is 0 Å². The molecule has 0 radical (unpaired) electrons. The van der Waals surface area contributed by atoms with Crippen molar-refractivity contribution < 1.29 is 22.8 Å². The number of alkyl halides is 3. The molecule has 1 aliphatic heterocycles. The van der Waals surface area contributed by atoms with E-state index in [-0.39, 0.29) is 18.0 Å². The number of carbonyl (C=O) groups excluding carboxylic acids is 2. The monoisotopic (exact) mass is 515 g/mol. The Morgan fingerprint density at radius 1 is 0.973 bits per heavy atom. The number of rotatable bonds is 8. The average Bonchev–Trinajstić information content (AvgIpc) is 3.40. The number of nitrogens with zero attached hydrogens (tertiary/aromatic N) is 2. The van der Waals surface area contributed by atoms with Crippen molar-refractivity contribution in [2.24, 2.45) is 0 Å². The fraction of sp³-hybridized carbons (Fsp3) is 0.517. The first kappa shape index (κ1) is 27.2. The van der Waals surface area contributed by atoms with Gasteiger partial charge in [-0.25, -0.2) is 0 Å². The Labute approximate surface area is 217 Å². The van der Waals surface area contributed by atoms with Crippen LogP contribution in [0.25, 0.3) is 0 Å². The number of likely N-dealkylation sites (tertiary alicyclic amines) is 1. The molecule has 2 fully saturated rings. The summed E-state index contributed by atoms with van der Waals surface area (Å²) in [6.45, 7) is 4.21. The molecule has 2 aromatic rings. The van der Waals surface area contributed by atoms with E-state index >= 15 is 0 Å². The lowest BCUT2D eigenvalue weighted by Gasteiger charge is -2.40. The Kier molecular flexibility index (Phi) is 8.90. The molecule has 2 amide bonds. The van der Waals surface area contributed by atoms with Crippen molar-refractivity contribution in [1.29, 1.82) is 0 Å². The molecule has 8 heteroatoms. The van der Waals surface area contributed by atoms with Crippen molar-refractivity contribution in [1.82, 2.24) is 15.1 Å². The largest absolute Gasteiger partial charge is 0.416 e. The molecule has 200 valence electrons. The molecule has 2 aliphatic rings. The molecule has 1 atom stereocenters. The lowest BCUT2D eigenvalue weighted by atomic mass is 9.81. The number of hydrogen-bond acceptors (Lipinski definition) is 3. The minimum absolute atomic E-state index is 0.109. The molecule has 4 rings (SSSR count). The molecule has 1 saturated heterocycles. The smallest absolute Gasteiger partial charge is 0.343 e. The zero-order valence-corrected chi connectivity index (χ0v) is 21.3. The molecule has 37 heavy (non-hydrogen) atoms. The van der Waals surface area contributed by atoms with E-state index in [1.54, 1.807) is 4.90 Å². The predicted molar refractivity (Wildman–Crippen MR) is 137 cm³/mol. The summed E-state index contributed by atoms with van der Waals surface area (Å²) in [6, 6.07) is 15.8. The normalized spacial score (nSPS) is 22.3. The van der Waals surface area contributed by atoms with E-state index in [1.165, 1.54) is 30.5 Å². The maximum Gasteiger partial charge on any atom is 0.416 e. The van der Waals surface area contributed by atoms with Gasteiger partial charge in [-0.3, -0.25) is 14.5 Å². The van der Waals surface area contributed by atoms with Crippen molar-refractivity contribution >= 4 is 11.8 Å². The minimum atomic E-state index is -4.53. The summed E-state index contributed by atoms with van der Waals surface area (Å²) in [7, 11) is 0. The van der Waals surface area contributed by atoms with E-state index in [9.17, 15) is 22.8 Å². The van der Waals surface area contributed by atoms with Gasteiger partial charge in [0.2, 0.25) is 5.91 Å². The summed E-state index contributed by atoms with van der Waals surface area (Å²) < 4.78 is 38.8. The molecule has 1 N–H and O–H groups in total. The Hall–Kier alpha value is -2.87. The second-order valence-electron chi connectivity index (χ2n) is 10.2. The zero-order chi connectivity index (χ0) is 26.4. The summed E-state index contributed by atoms with van der Waals surface area (Å²) in [5.41, 5.74) is 0.428. The van der Waals surface area contributed by atoms with Crippen LogP contribution in [-0.2, 0) is 11.0 Å². The molecule has 2 aromatic carbocycles. The molecule has 0 aromatic heterocycles. The van der Waals surface area contributed by atoms with Crippen molar-refractivity contribution in [2.75, 3.05) is 26.2 Å². The molecule has 0 bridgehead atoms. The van der Waals surface area contributed by atoms with Crippen LogP contribution in [0.4, 0.5) is 13.2 Å². The highest BCUT2D eigenvalue weighted by atomic mass is 19.4. The van der Waals surface area contributed by atoms with E-state index in [1.807, 2.05) is 0 Å². The number of amides is 2. The Morgan fingerprint density at radius 2 is 1.70 bits per heavy atom. The van der Waals surface area contributed by atoms with Gasteiger partial charge in [-0.2, -0.15) is 13.2 Å². The third-order valence-electron chi connectivity index (χ3n) is 7.76. The number of hydrogen-bond donors (Lipinski definition) is 1. The van der Waals surface area contributed by atoms with Crippen molar-refractivity contribution in [3.8, 4) is 0 Å². The van der Waals surface area contributed by atoms with Crippen LogP contribution in [-0.4, -0.2) is 59.9 Å². The molecule has 1 aliphatic carbocycles. The first-order valence-electron chi connectivity index (χ1n) is 13.3. The summed E-state index contributed by atoms with van der Waals surface area (Å²) in [6.07, 6.45) is 2.07. The van der Waals surface area contributed by atoms with Gasteiger partial charge >= 0.3 is 6.18 Å². The van der Waals surface area contributed by atoms with Gasteiger partial charge in [-0.05, 0) is 74.8 Å². The highest BCUT2D eigenvalue weighted by molar-refractivity contribution is 5.96. The third-order valence-corrected chi connectivity index (χ3v) is 7.76. The van der Waals surface area contributed by atoms with Gasteiger partial charge < -0.3 is 10.2 Å². The topological polar surface area (TPSA) is 52.6 Å². The fourth-order valence-electron chi connectivity index (χ4n) is 5.83. The third kappa shape index (κ3) is 6.92. The SMILES string of the molecule is CCCN(C1CCC(c2ccccc2)CC1)C1CCN(C(=O)CNC(=O)c2cccc(C(F)(F)F)c2)C1. The highest BCUT2D eigenvalue weighted by Crippen LogP contribution is 2.36. The molecule has 0 spiro atoms. The van der Waals surface area contributed by atoms with Crippen LogP contribution in [0.15, 0.2) is 54.6 Å². The Balaban J connectivity index is 1.28. The molecule has 1 saturated carbocycles. The predicted octanol–water partition coefficient (Wildman–Crippen LogP) is 5.47.